The standard InChI is InChI=1S/C14H21NO3S/c1-11-6-7-14(9-12(11)2)19(16,17)15(3)10-13-5-4-8-18-13/h6-7,9,13H,4-5,8,10H2,1-3H3. The van der Waals surface area contributed by atoms with Crippen molar-refractivity contribution in [2.45, 2.75) is 37.7 Å². The van der Waals surface area contributed by atoms with E-state index in [1.165, 1.54) is 4.31 Å². The predicted octanol–water partition coefficient (Wildman–Crippen LogP) is 2.10. The number of sulfonamides is 1. The van der Waals surface area contributed by atoms with Crippen LogP contribution in [0.25, 0.3) is 0 Å². The summed E-state index contributed by atoms with van der Waals surface area (Å²) in [7, 11) is -1.80. The first-order valence-corrected chi connectivity index (χ1v) is 8.00. The first-order valence-electron chi connectivity index (χ1n) is 6.56. The van der Waals surface area contributed by atoms with Crippen molar-refractivity contribution in [3.05, 3.63) is 29.3 Å². The van der Waals surface area contributed by atoms with E-state index in [4.69, 9.17) is 4.74 Å². The van der Waals surface area contributed by atoms with Crippen LogP contribution in [0.2, 0.25) is 0 Å². The zero-order valence-corrected chi connectivity index (χ0v) is 12.5. The van der Waals surface area contributed by atoms with Gasteiger partial charge in [-0.2, -0.15) is 4.31 Å². The van der Waals surface area contributed by atoms with Gasteiger partial charge in [0.05, 0.1) is 11.0 Å². The maximum Gasteiger partial charge on any atom is 0.242 e. The maximum absolute atomic E-state index is 12.5. The van der Waals surface area contributed by atoms with Crippen molar-refractivity contribution < 1.29 is 13.2 Å². The molecule has 106 valence electrons. The normalized spacial score (nSPS) is 20.1. The summed E-state index contributed by atoms with van der Waals surface area (Å²) in [5, 5.41) is 0. The Morgan fingerprint density at radius 1 is 1.32 bits per heavy atom. The predicted molar refractivity (Wildman–Crippen MR) is 74.7 cm³/mol. The Balaban J connectivity index is 2.18. The lowest BCUT2D eigenvalue weighted by Crippen LogP contribution is -2.34. The molecule has 1 aliphatic heterocycles. The molecule has 0 spiro atoms. The average molecular weight is 283 g/mol. The number of benzene rings is 1. The van der Waals surface area contributed by atoms with E-state index >= 15 is 0 Å². The molecule has 1 atom stereocenters. The molecule has 1 saturated heterocycles. The Kier molecular flexibility index (Phi) is 4.28. The average Bonchev–Trinajstić information content (AvgIpc) is 2.85. The van der Waals surface area contributed by atoms with Gasteiger partial charge in [0.1, 0.15) is 0 Å². The third-order valence-corrected chi connectivity index (χ3v) is 5.49. The fourth-order valence-electron chi connectivity index (χ4n) is 2.23. The second kappa shape index (κ2) is 5.61. The molecule has 2 rings (SSSR count). The molecule has 1 unspecified atom stereocenters. The molecular weight excluding hydrogens is 262 g/mol. The van der Waals surface area contributed by atoms with Crippen LogP contribution in [0.1, 0.15) is 24.0 Å². The van der Waals surface area contributed by atoms with Crippen LogP contribution >= 0.6 is 0 Å². The van der Waals surface area contributed by atoms with E-state index in [-0.39, 0.29) is 6.10 Å². The van der Waals surface area contributed by atoms with Gasteiger partial charge in [-0.3, -0.25) is 0 Å². The summed E-state index contributed by atoms with van der Waals surface area (Å²) in [6.45, 7) is 5.06. The Morgan fingerprint density at radius 2 is 2.05 bits per heavy atom. The lowest BCUT2D eigenvalue weighted by Gasteiger charge is -2.21. The third-order valence-electron chi connectivity index (χ3n) is 3.67. The summed E-state index contributed by atoms with van der Waals surface area (Å²) in [5.74, 6) is 0. The Bertz CT molecular complexity index is 548. The Morgan fingerprint density at radius 3 is 2.63 bits per heavy atom. The summed E-state index contributed by atoms with van der Waals surface area (Å²) < 4.78 is 31.8. The van der Waals surface area contributed by atoms with Crippen LogP contribution in [0.5, 0.6) is 0 Å². The first-order chi connectivity index (χ1) is 8.91. The van der Waals surface area contributed by atoms with E-state index < -0.39 is 10.0 Å². The summed E-state index contributed by atoms with van der Waals surface area (Å²) in [6, 6.07) is 5.25. The Hall–Kier alpha value is -0.910. The smallest absolute Gasteiger partial charge is 0.242 e. The quantitative estimate of drug-likeness (QED) is 0.850. The minimum absolute atomic E-state index is 0.0336. The molecule has 1 heterocycles. The van der Waals surface area contributed by atoms with Crippen LogP contribution in [0.4, 0.5) is 0 Å². The molecule has 1 aliphatic rings. The Labute approximate surface area is 115 Å². The summed E-state index contributed by atoms with van der Waals surface area (Å²) in [6.07, 6.45) is 1.99. The van der Waals surface area contributed by atoms with Crippen molar-refractivity contribution in [3.8, 4) is 0 Å². The van der Waals surface area contributed by atoms with E-state index in [2.05, 4.69) is 0 Å². The van der Waals surface area contributed by atoms with E-state index in [1.807, 2.05) is 19.9 Å². The third kappa shape index (κ3) is 3.16. The number of rotatable bonds is 4. The SMILES string of the molecule is Cc1ccc(S(=O)(=O)N(C)CC2CCCO2)cc1C. The molecule has 4 nitrogen and oxygen atoms in total. The number of hydrogen-bond acceptors (Lipinski definition) is 3. The van der Waals surface area contributed by atoms with Crippen molar-refractivity contribution in [3.63, 3.8) is 0 Å². The van der Waals surface area contributed by atoms with Crippen LogP contribution in [0, 0.1) is 13.8 Å². The molecule has 19 heavy (non-hydrogen) atoms. The lowest BCUT2D eigenvalue weighted by molar-refractivity contribution is 0.0979. The molecule has 0 aromatic heterocycles. The fraction of sp³-hybridized carbons (Fsp3) is 0.571. The van der Waals surface area contributed by atoms with E-state index in [9.17, 15) is 8.42 Å². The number of nitrogens with zero attached hydrogens (tertiary/aromatic N) is 1. The molecule has 0 saturated carbocycles. The van der Waals surface area contributed by atoms with Gasteiger partial charge in [-0.15, -0.1) is 0 Å². The van der Waals surface area contributed by atoms with Gasteiger partial charge in [-0.1, -0.05) is 6.07 Å². The van der Waals surface area contributed by atoms with Crippen molar-refractivity contribution in [2.75, 3.05) is 20.2 Å². The van der Waals surface area contributed by atoms with Gasteiger partial charge in [0.15, 0.2) is 0 Å². The van der Waals surface area contributed by atoms with Gasteiger partial charge in [-0.25, -0.2) is 8.42 Å². The minimum Gasteiger partial charge on any atom is -0.377 e. The molecule has 0 radical (unpaired) electrons. The highest BCUT2D eigenvalue weighted by Crippen LogP contribution is 2.20. The van der Waals surface area contributed by atoms with Crippen molar-refractivity contribution in [1.29, 1.82) is 0 Å². The summed E-state index contributed by atoms with van der Waals surface area (Å²) >= 11 is 0. The van der Waals surface area contributed by atoms with Gasteiger partial charge in [0.25, 0.3) is 0 Å². The highest BCUT2D eigenvalue weighted by Gasteiger charge is 2.26. The number of likely N-dealkylation sites (N-methyl/N-ethyl adjacent to an activating group) is 1. The van der Waals surface area contributed by atoms with Crippen molar-refractivity contribution in [1.82, 2.24) is 4.31 Å². The largest absolute Gasteiger partial charge is 0.377 e. The topological polar surface area (TPSA) is 46.6 Å². The summed E-state index contributed by atoms with van der Waals surface area (Å²) in [4.78, 5) is 0.357. The van der Waals surface area contributed by atoms with Crippen LogP contribution in [-0.2, 0) is 14.8 Å². The van der Waals surface area contributed by atoms with Gasteiger partial charge >= 0.3 is 0 Å². The van der Waals surface area contributed by atoms with Gasteiger partial charge < -0.3 is 4.74 Å². The monoisotopic (exact) mass is 283 g/mol. The molecule has 1 fully saturated rings. The highest BCUT2D eigenvalue weighted by atomic mass is 32.2. The van der Waals surface area contributed by atoms with Gasteiger partial charge in [-0.05, 0) is 49.9 Å². The van der Waals surface area contributed by atoms with E-state index in [1.54, 1.807) is 19.2 Å². The molecule has 0 bridgehead atoms. The van der Waals surface area contributed by atoms with E-state index in [0.717, 1.165) is 30.6 Å². The van der Waals surface area contributed by atoms with Crippen LogP contribution in [-0.4, -0.2) is 39.0 Å². The second-order valence-electron chi connectivity index (χ2n) is 5.17. The van der Waals surface area contributed by atoms with Gasteiger partial charge in [0.2, 0.25) is 10.0 Å². The van der Waals surface area contributed by atoms with Crippen molar-refractivity contribution in [2.24, 2.45) is 0 Å². The molecule has 0 aliphatic carbocycles. The summed E-state index contributed by atoms with van der Waals surface area (Å²) in [5.41, 5.74) is 2.09. The zero-order chi connectivity index (χ0) is 14.0. The number of ether oxygens (including phenoxy) is 1. The fourth-order valence-corrected chi connectivity index (χ4v) is 3.52. The minimum atomic E-state index is -3.41. The molecule has 1 aromatic rings. The van der Waals surface area contributed by atoms with Crippen LogP contribution in [0.3, 0.4) is 0 Å². The molecule has 0 amide bonds. The van der Waals surface area contributed by atoms with E-state index in [0.29, 0.717) is 11.4 Å². The zero-order valence-electron chi connectivity index (χ0n) is 11.7. The molecular formula is C14H21NO3S. The highest BCUT2D eigenvalue weighted by molar-refractivity contribution is 7.89. The maximum atomic E-state index is 12.5. The first kappa shape index (κ1) is 14.5. The molecule has 0 N–H and O–H groups in total. The number of hydrogen-bond donors (Lipinski definition) is 0. The molecule has 5 heteroatoms. The van der Waals surface area contributed by atoms with Gasteiger partial charge in [0, 0.05) is 20.2 Å². The lowest BCUT2D eigenvalue weighted by atomic mass is 10.1. The second-order valence-corrected chi connectivity index (χ2v) is 7.21. The van der Waals surface area contributed by atoms with Crippen LogP contribution < -0.4 is 0 Å². The molecule has 1 aromatic carbocycles. The van der Waals surface area contributed by atoms with Crippen LogP contribution in [0.15, 0.2) is 23.1 Å². The van der Waals surface area contributed by atoms with Crippen molar-refractivity contribution >= 4 is 10.0 Å². The number of aryl methyl sites for hydroxylation is 2.